The highest BCUT2D eigenvalue weighted by Crippen LogP contribution is 2.26. The standard InChI is InChI=1S/C14H20N4O3/c1-17(9-10-5-3-2-4-6-10)14(19)11-7-13(15)16-8-12(11)18(20)21/h7-8,10H,2-6,9H2,1H3,(H2,15,16). The topological polar surface area (TPSA) is 102 Å². The molecule has 0 unspecified atom stereocenters. The maximum Gasteiger partial charge on any atom is 0.300 e. The third kappa shape index (κ3) is 3.68. The van der Waals surface area contributed by atoms with E-state index in [1.807, 2.05) is 0 Å². The van der Waals surface area contributed by atoms with Crippen molar-refractivity contribution in [3.05, 3.63) is 27.9 Å². The summed E-state index contributed by atoms with van der Waals surface area (Å²) in [5.74, 6) is 0.210. The number of carbonyl (C=O) groups excluding carboxylic acids is 1. The van der Waals surface area contributed by atoms with Crippen LogP contribution in [0.4, 0.5) is 11.5 Å². The molecule has 0 spiro atoms. The molecule has 0 radical (unpaired) electrons. The number of nitrogens with zero attached hydrogens (tertiary/aromatic N) is 3. The van der Waals surface area contributed by atoms with Crippen molar-refractivity contribution >= 4 is 17.4 Å². The predicted octanol–water partition coefficient (Wildman–Crippen LogP) is 2.22. The monoisotopic (exact) mass is 292 g/mol. The molecule has 1 aliphatic carbocycles. The van der Waals surface area contributed by atoms with Gasteiger partial charge in [0.05, 0.1) is 4.92 Å². The minimum absolute atomic E-state index is 0.00538. The van der Waals surface area contributed by atoms with Crippen molar-refractivity contribution in [2.24, 2.45) is 5.92 Å². The molecule has 0 saturated heterocycles. The number of hydrogen-bond acceptors (Lipinski definition) is 5. The molecule has 0 atom stereocenters. The maximum atomic E-state index is 12.4. The van der Waals surface area contributed by atoms with Crippen molar-refractivity contribution < 1.29 is 9.72 Å². The number of nitrogen functional groups attached to an aromatic ring is 1. The fraction of sp³-hybridized carbons (Fsp3) is 0.571. The molecule has 1 fully saturated rings. The summed E-state index contributed by atoms with van der Waals surface area (Å²) in [5, 5.41) is 11.0. The van der Waals surface area contributed by atoms with E-state index in [4.69, 9.17) is 5.73 Å². The highest BCUT2D eigenvalue weighted by Gasteiger charge is 2.25. The Morgan fingerprint density at radius 1 is 1.48 bits per heavy atom. The van der Waals surface area contributed by atoms with Crippen LogP contribution in [0.15, 0.2) is 12.3 Å². The van der Waals surface area contributed by atoms with Crippen molar-refractivity contribution in [1.29, 1.82) is 0 Å². The molecular weight excluding hydrogens is 272 g/mol. The van der Waals surface area contributed by atoms with Crippen LogP contribution >= 0.6 is 0 Å². The molecule has 1 aliphatic rings. The van der Waals surface area contributed by atoms with Gasteiger partial charge in [0, 0.05) is 13.6 Å². The van der Waals surface area contributed by atoms with E-state index in [-0.39, 0.29) is 23.0 Å². The lowest BCUT2D eigenvalue weighted by Crippen LogP contribution is -2.33. The number of hydrogen-bond donors (Lipinski definition) is 1. The van der Waals surface area contributed by atoms with Crippen LogP contribution in [0.3, 0.4) is 0 Å². The van der Waals surface area contributed by atoms with Gasteiger partial charge >= 0.3 is 0 Å². The Balaban J connectivity index is 2.14. The summed E-state index contributed by atoms with van der Waals surface area (Å²) in [6.45, 7) is 0.623. The Kier molecular flexibility index (Phi) is 4.72. The molecule has 7 nitrogen and oxygen atoms in total. The highest BCUT2D eigenvalue weighted by molar-refractivity contribution is 5.98. The molecule has 0 bridgehead atoms. The normalized spacial score (nSPS) is 15.7. The van der Waals surface area contributed by atoms with Crippen molar-refractivity contribution in [2.75, 3.05) is 19.3 Å². The van der Waals surface area contributed by atoms with Gasteiger partial charge in [-0.05, 0) is 24.8 Å². The second-order valence-corrected chi connectivity index (χ2v) is 5.57. The molecule has 1 saturated carbocycles. The third-order valence-electron chi connectivity index (χ3n) is 3.93. The van der Waals surface area contributed by atoms with Gasteiger partial charge in [0.15, 0.2) is 0 Å². The number of pyridine rings is 1. The number of rotatable bonds is 4. The Labute approximate surface area is 123 Å². The zero-order valence-electron chi connectivity index (χ0n) is 12.1. The van der Waals surface area contributed by atoms with E-state index in [1.54, 1.807) is 11.9 Å². The van der Waals surface area contributed by atoms with E-state index in [0.717, 1.165) is 19.0 Å². The van der Waals surface area contributed by atoms with Crippen LogP contribution in [-0.4, -0.2) is 34.3 Å². The number of nitrogens with two attached hydrogens (primary N) is 1. The molecule has 1 heterocycles. The van der Waals surface area contributed by atoms with Gasteiger partial charge in [-0.1, -0.05) is 19.3 Å². The summed E-state index contributed by atoms with van der Waals surface area (Å²) in [6.07, 6.45) is 6.89. The number of nitro groups is 1. The zero-order valence-corrected chi connectivity index (χ0v) is 12.1. The molecule has 114 valence electrons. The summed E-state index contributed by atoms with van der Waals surface area (Å²) in [5.41, 5.74) is 5.25. The van der Waals surface area contributed by atoms with Gasteiger partial charge in [-0.3, -0.25) is 14.9 Å². The van der Waals surface area contributed by atoms with Crippen LogP contribution < -0.4 is 5.73 Å². The molecule has 21 heavy (non-hydrogen) atoms. The van der Waals surface area contributed by atoms with Crippen LogP contribution in [0.25, 0.3) is 0 Å². The fourth-order valence-electron chi connectivity index (χ4n) is 2.83. The van der Waals surface area contributed by atoms with Gasteiger partial charge in [-0.25, -0.2) is 4.98 Å². The fourth-order valence-corrected chi connectivity index (χ4v) is 2.83. The summed E-state index contributed by atoms with van der Waals surface area (Å²) in [4.78, 5) is 28.1. The number of carbonyl (C=O) groups is 1. The zero-order chi connectivity index (χ0) is 15.4. The highest BCUT2D eigenvalue weighted by atomic mass is 16.6. The second-order valence-electron chi connectivity index (χ2n) is 5.57. The van der Waals surface area contributed by atoms with E-state index in [0.29, 0.717) is 12.5 Å². The summed E-state index contributed by atoms with van der Waals surface area (Å²) < 4.78 is 0. The van der Waals surface area contributed by atoms with Crippen LogP contribution in [0.5, 0.6) is 0 Å². The van der Waals surface area contributed by atoms with Gasteiger partial charge in [-0.15, -0.1) is 0 Å². The van der Waals surface area contributed by atoms with Gasteiger partial charge in [-0.2, -0.15) is 0 Å². The van der Waals surface area contributed by atoms with Gasteiger partial charge in [0.1, 0.15) is 17.6 Å². The van der Waals surface area contributed by atoms with Gasteiger partial charge in [0.2, 0.25) is 0 Å². The Morgan fingerprint density at radius 3 is 2.76 bits per heavy atom. The molecular formula is C14H20N4O3. The first-order valence-corrected chi connectivity index (χ1v) is 7.14. The van der Waals surface area contributed by atoms with Crippen LogP contribution in [0.1, 0.15) is 42.5 Å². The molecule has 1 aromatic rings. The maximum absolute atomic E-state index is 12.4. The molecule has 2 N–H and O–H groups in total. The lowest BCUT2D eigenvalue weighted by Gasteiger charge is -2.27. The predicted molar refractivity (Wildman–Crippen MR) is 78.8 cm³/mol. The first-order valence-electron chi connectivity index (χ1n) is 7.14. The Hall–Kier alpha value is -2.18. The minimum Gasteiger partial charge on any atom is -0.384 e. The third-order valence-corrected chi connectivity index (χ3v) is 3.93. The van der Waals surface area contributed by atoms with Crippen LogP contribution in [0, 0.1) is 16.0 Å². The average molecular weight is 292 g/mol. The molecule has 1 amide bonds. The van der Waals surface area contributed by atoms with E-state index in [9.17, 15) is 14.9 Å². The summed E-state index contributed by atoms with van der Waals surface area (Å²) >= 11 is 0. The van der Waals surface area contributed by atoms with E-state index >= 15 is 0 Å². The quantitative estimate of drug-likeness (QED) is 0.677. The molecule has 2 rings (SSSR count). The van der Waals surface area contributed by atoms with Crippen molar-refractivity contribution in [3.63, 3.8) is 0 Å². The first kappa shape index (κ1) is 15.2. The van der Waals surface area contributed by atoms with Crippen molar-refractivity contribution in [2.45, 2.75) is 32.1 Å². The Bertz CT molecular complexity index is 541. The minimum atomic E-state index is -0.603. The smallest absolute Gasteiger partial charge is 0.300 e. The molecule has 0 aliphatic heterocycles. The summed E-state index contributed by atoms with van der Waals surface area (Å²) in [6, 6.07) is 1.28. The van der Waals surface area contributed by atoms with Gasteiger partial charge < -0.3 is 10.6 Å². The number of amides is 1. The van der Waals surface area contributed by atoms with Crippen LogP contribution in [0.2, 0.25) is 0 Å². The van der Waals surface area contributed by atoms with E-state index in [2.05, 4.69) is 4.98 Å². The lowest BCUT2D eigenvalue weighted by molar-refractivity contribution is -0.385. The molecule has 0 aromatic carbocycles. The SMILES string of the molecule is CN(CC1CCCCC1)C(=O)c1cc(N)ncc1[N+](=O)[O-]. The van der Waals surface area contributed by atoms with E-state index in [1.165, 1.54) is 25.3 Å². The number of aromatic nitrogens is 1. The van der Waals surface area contributed by atoms with E-state index < -0.39 is 4.92 Å². The summed E-state index contributed by atoms with van der Waals surface area (Å²) in [7, 11) is 1.68. The second kappa shape index (κ2) is 6.51. The first-order chi connectivity index (χ1) is 9.99. The number of anilines is 1. The largest absolute Gasteiger partial charge is 0.384 e. The lowest BCUT2D eigenvalue weighted by atomic mass is 9.89. The van der Waals surface area contributed by atoms with Crippen molar-refractivity contribution in [3.8, 4) is 0 Å². The van der Waals surface area contributed by atoms with Gasteiger partial charge in [0.25, 0.3) is 11.6 Å². The molecule has 1 aromatic heterocycles. The van der Waals surface area contributed by atoms with Crippen LogP contribution in [-0.2, 0) is 0 Å². The molecule has 7 heteroatoms. The van der Waals surface area contributed by atoms with Crippen molar-refractivity contribution in [1.82, 2.24) is 9.88 Å². The average Bonchev–Trinajstić information content (AvgIpc) is 2.47. The Morgan fingerprint density at radius 2 is 2.14 bits per heavy atom.